The van der Waals surface area contributed by atoms with Gasteiger partial charge in [-0.3, -0.25) is 0 Å². The van der Waals surface area contributed by atoms with Gasteiger partial charge in [0.15, 0.2) is 0 Å². The molecule has 0 aromatic rings. The van der Waals surface area contributed by atoms with Crippen molar-refractivity contribution in [3.63, 3.8) is 0 Å². The number of terminal acetylenes is 1. The lowest BCUT2D eigenvalue weighted by molar-refractivity contribution is 0.414. The molecule has 1 N–H and O–H groups in total. The normalized spacial score (nSPS) is 30.8. The van der Waals surface area contributed by atoms with Crippen molar-refractivity contribution in [2.75, 3.05) is 5.75 Å². The monoisotopic (exact) mass is 197 g/mol. The van der Waals surface area contributed by atoms with E-state index in [9.17, 15) is 0 Å². The van der Waals surface area contributed by atoms with Gasteiger partial charge in [-0.2, -0.15) is 11.8 Å². The molecule has 1 aliphatic rings. The van der Waals surface area contributed by atoms with Crippen molar-refractivity contribution < 1.29 is 0 Å². The van der Waals surface area contributed by atoms with Crippen molar-refractivity contribution >= 4 is 11.8 Å². The quantitative estimate of drug-likeness (QED) is 0.697. The van der Waals surface area contributed by atoms with E-state index < -0.39 is 0 Å². The zero-order valence-corrected chi connectivity index (χ0v) is 9.36. The molecule has 1 aliphatic heterocycles. The summed E-state index contributed by atoms with van der Waals surface area (Å²) in [5.74, 6) is 4.02. The maximum absolute atomic E-state index is 5.27. The van der Waals surface area contributed by atoms with Crippen LogP contribution in [0.4, 0.5) is 0 Å². The van der Waals surface area contributed by atoms with Gasteiger partial charge in [0, 0.05) is 23.8 Å². The van der Waals surface area contributed by atoms with Crippen molar-refractivity contribution in [2.24, 2.45) is 0 Å². The lowest BCUT2D eigenvalue weighted by atomic mass is 10.1. The van der Waals surface area contributed by atoms with Crippen molar-refractivity contribution in [3.05, 3.63) is 0 Å². The Morgan fingerprint density at radius 3 is 3.08 bits per heavy atom. The second kappa shape index (κ2) is 5.57. The molecule has 0 bridgehead atoms. The van der Waals surface area contributed by atoms with Crippen LogP contribution < -0.4 is 5.32 Å². The Labute approximate surface area is 86.1 Å². The second-order valence-electron chi connectivity index (χ2n) is 3.80. The van der Waals surface area contributed by atoms with Crippen LogP contribution in [0.15, 0.2) is 0 Å². The molecule has 3 atom stereocenters. The van der Waals surface area contributed by atoms with Crippen LogP contribution in [-0.2, 0) is 0 Å². The molecule has 0 amide bonds. The first-order valence-corrected chi connectivity index (χ1v) is 6.10. The third-order valence-electron chi connectivity index (χ3n) is 2.53. The third-order valence-corrected chi connectivity index (χ3v) is 3.91. The fraction of sp³-hybridized carbons (Fsp3) is 0.818. The first kappa shape index (κ1) is 10.9. The summed E-state index contributed by atoms with van der Waals surface area (Å²) in [6, 6.07) is 1.14. The van der Waals surface area contributed by atoms with Crippen LogP contribution in [0, 0.1) is 12.3 Å². The van der Waals surface area contributed by atoms with Gasteiger partial charge in [-0.1, -0.05) is 6.92 Å². The van der Waals surface area contributed by atoms with E-state index in [-0.39, 0.29) is 0 Å². The number of hydrogen-bond donors (Lipinski definition) is 1. The van der Waals surface area contributed by atoms with Gasteiger partial charge in [-0.25, -0.2) is 0 Å². The van der Waals surface area contributed by atoms with Crippen LogP contribution in [0.3, 0.4) is 0 Å². The first-order valence-electron chi connectivity index (χ1n) is 5.05. The molecule has 1 rings (SSSR count). The van der Waals surface area contributed by atoms with Gasteiger partial charge in [-0.15, -0.1) is 12.3 Å². The molecule has 0 radical (unpaired) electrons. The maximum Gasteiger partial charge on any atom is 0.0238 e. The molecule has 3 unspecified atom stereocenters. The average Bonchev–Trinajstić information content (AvgIpc) is 2.09. The minimum Gasteiger partial charge on any atom is -0.309 e. The highest BCUT2D eigenvalue weighted by molar-refractivity contribution is 7.99. The zero-order valence-electron chi connectivity index (χ0n) is 8.55. The second-order valence-corrected chi connectivity index (χ2v) is 5.29. The van der Waals surface area contributed by atoms with Crippen molar-refractivity contribution in [1.82, 2.24) is 5.32 Å². The molecule has 0 aromatic heterocycles. The molecular weight excluding hydrogens is 178 g/mol. The number of thioether (sulfide) groups is 1. The summed E-state index contributed by atoms with van der Waals surface area (Å²) < 4.78 is 0. The summed E-state index contributed by atoms with van der Waals surface area (Å²) in [6.45, 7) is 4.48. The lowest BCUT2D eigenvalue weighted by Gasteiger charge is -2.31. The summed E-state index contributed by atoms with van der Waals surface area (Å²) in [6.07, 6.45) is 8.77. The molecule has 2 heteroatoms. The number of rotatable bonds is 3. The molecule has 0 saturated carbocycles. The predicted molar refractivity (Wildman–Crippen MR) is 61.0 cm³/mol. The van der Waals surface area contributed by atoms with E-state index in [1.54, 1.807) is 0 Å². The van der Waals surface area contributed by atoms with E-state index >= 15 is 0 Å². The highest BCUT2D eigenvalue weighted by Gasteiger charge is 2.22. The van der Waals surface area contributed by atoms with E-state index in [1.807, 2.05) is 0 Å². The van der Waals surface area contributed by atoms with E-state index in [0.717, 1.165) is 11.7 Å². The zero-order chi connectivity index (χ0) is 9.68. The van der Waals surface area contributed by atoms with Crippen LogP contribution in [0.25, 0.3) is 0 Å². The molecule has 13 heavy (non-hydrogen) atoms. The molecule has 1 fully saturated rings. The Hall–Kier alpha value is -0.130. The SMILES string of the molecule is C#CCC(C)NC1CCCSC1C. The predicted octanol–water partition coefficient (Wildman–Crippen LogP) is 2.27. The van der Waals surface area contributed by atoms with Crippen LogP contribution in [0.5, 0.6) is 0 Å². The van der Waals surface area contributed by atoms with Crippen molar-refractivity contribution in [3.8, 4) is 12.3 Å². The maximum atomic E-state index is 5.27. The van der Waals surface area contributed by atoms with Crippen LogP contribution in [0.2, 0.25) is 0 Å². The molecule has 1 saturated heterocycles. The Kier molecular flexibility index (Phi) is 4.69. The first-order chi connectivity index (χ1) is 6.24. The van der Waals surface area contributed by atoms with Gasteiger partial charge in [0.2, 0.25) is 0 Å². The van der Waals surface area contributed by atoms with E-state index in [1.165, 1.54) is 18.6 Å². The van der Waals surface area contributed by atoms with Crippen LogP contribution in [-0.4, -0.2) is 23.1 Å². The van der Waals surface area contributed by atoms with Gasteiger partial charge >= 0.3 is 0 Å². The minimum absolute atomic E-state index is 0.469. The van der Waals surface area contributed by atoms with Crippen LogP contribution in [0.1, 0.15) is 33.1 Å². The summed E-state index contributed by atoms with van der Waals surface area (Å²) in [5.41, 5.74) is 0. The molecule has 0 aliphatic carbocycles. The van der Waals surface area contributed by atoms with Gasteiger partial charge in [0.1, 0.15) is 0 Å². The highest BCUT2D eigenvalue weighted by Crippen LogP contribution is 2.25. The standard InChI is InChI=1S/C11H19NS/c1-4-6-9(2)12-11-7-5-8-13-10(11)3/h1,9-12H,5-8H2,2-3H3. The number of hydrogen-bond acceptors (Lipinski definition) is 2. The Morgan fingerprint density at radius 1 is 1.69 bits per heavy atom. The summed E-state index contributed by atoms with van der Waals surface area (Å²) in [7, 11) is 0. The Bertz CT molecular complexity index is 185. The van der Waals surface area contributed by atoms with Gasteiger partial charge in [-0.05, 0) is 25.5 Å². The lowest BCUT2D eigenvalue weighted by Crippen LogP contribution is -2.43. The molecule has 0 aromatic carbocycles. The van der Waals surface area contributed by atoms with Gasteiger partial charge in [0.25, 0.3) is 0 Å². The average molecular weight is 197 g/mol. The van der Waals surface area contributed by atoms with Crippen molar-refractivity contribution in [2.45, 2.75) is 50.4 Å². The van der Waals surface area contributed by atoms with Gasteiger partial charge < -0.3 is 5.32 Å². The fourth-order valence-corrected chi connectivity index (χ4v) is 2.90. The summed E-state index contributed by atoms with van der Waals surface area (Å²) in [4.78, 5) is 0. The Morgan fingerprint density at radius 2 is 2.46 bits per heavy atom. The molecule has 1 nitrogen and oxygen atoms in total. The molecule has 1 heterocycles. The smallest absolute Gasteiger partial charge is 0.0238 e. The number of nitrogens with one attached hydrogen (secondary N) is 1. The third kappa shape index (κ3) is 3.62. The highest BCUT2D eigenvalue weighted by atomic mass is 32.2. The Balaban J connectivity index is 2.30. The fourth-order valence-electron chi connectivity index (χ4n) is 1.74. The molecular formula is C11H19NS. The summed E-state index contributed by atoms with van der Waals surface area (Å²) >= 11 is 2.07. The van der Waals surface area contributed by atoms with Crippen molar-refractivity contribution in [1.29, 1.82) is 0 Å². The van der Waals surface area contributed by atoms with Gasteiger partial charge in [0.05, 0.1) is 0 Å². The van der Waals surface area contributed by atoms with E-state index in [0.29, 0.717) is 12.1 Å². The largest absolute Gasteiger partial charge is 0.309 e. The topological polar surface area (TPSA) is 12.0 Å². The van der Waals surface area contributed by atoms with E-state index in [2.05, 4.69) is 36.8 Å². The summed E-state index contributed by atoms with van der Waals surface area (Å²) in [5, 5.41) is 4.35. The molecule has 74 valence electrons. The molecule has 0 spiro atoms. The van der Waals surface area contributed by atoms with E-state index in [4.69, 9.17) is 6.42 Å². The van der Waals surface area contributed by atoms with Crippen LogP contribution >= 0.6 is 11.8 Å². The minimum atomic E-state index is 0.469.